The van der Waals surface area contributed by atoms with E-state index in [0.29, 0.717) is 5.56 Å². The first-order valence-corrected chi connectivity index (χ1v) is 8.86. The van der Waals surface area contributed by atoms with Crippen molar-refractivity contribution in [1.29, 1.82) is 0 Å². The second-order valence-corrected chi connectivity index (χ2v) is 6.85. The van der Waals surface area contributed by atoms with Crippen LogP contribution in [0.15, 0.2) is 47.0 Å². The summed E-state index contributed by atoms with van der Waals surface area (Å²) in [7, 11) is 0. The molecule has 0 aliphatic rings. The molecule has 0 atom stereocenters. The van der Waals surface area contributed by atoms with Gasteiger partial charge in [-0.2, -0.15) is 26.9 Å². The maximum absolute atomic E-state index is 12.9. The van der Waals surface area contributed by atoms with Gasteiger partial charge in [0.05, 0.1) is 22.8 Å². The molecule has 0 unspecified atom stereocenters. The Morgan fingerprint density at radius 1 is 1.07 bits per heavy atom. The maximum atomic E-state index is 12.9. The Bertz CT molecular complexity index is 1060. The molecular formula is C18H10Cl2F5N3O2. The summed E-state index contributed by atoms with van der Waals surface area (Å²) in [6.45, 7) is -0.241. The first-order chi connectivity index (χ1) is 13.9. The van der Waals surface area contributed by atoms with Crippen LogP contribution in [0.4, 0.5) is 27.6 Å². The van der Waals surface area contributed by atoms with Crippen LogP contribution < -0.4 is 5.32 Å². The number of anilines is 1. The number of hydrogen-bond acceptors (Lipinski definition) is 5. The molecule has 0 saturated carbocycles. The molecule has 0 saturated heterocycles. The summed E-state index contributed by atoms with van der Waals surface area (Å²) >= 11 is 10.6. The minimum absolute atomic E-state index is 0.140. The SMILES string of the molecule is O=C(CNc1ccc(C(F)(F)F)cc1Cl)c1ccc(-c2noc(C(F)(F)Cl)n2)cc1. The Morgan fingerprint density at radius 2 is 1.73 bits per heavy atom. The minimum atomic E-state index is -4.53. The molecule has 5 nitrogen and oxygen atoms in total. The number of benzene rings is 2. The summed E-state index contributed by atoms with van der Waals surface area (Å²) in [5.74, 6) is -1.59. The molecule has 1 N–H and O–H groups in total. The molecule has 0 radical (unpaired) electrons. The van der Waals surface area contributed by atoms with Crippen LogP contribution in [0, 0.1) is 0 Å². The molecule has 0 amide bonds. The van der Waals surface area contributed by atoms with Crippen molar-refractivity contribution in [1.82, 2.24) is 10.1 Å². The van der Waals surface area contributed by atoms with Crippen LogP contribution in [0.25, 0.3) is 11.4 Å². The molecule has 1 heterocycles. The molecule has 2 aromatic carbocycles. The molecule has 158 valence electrons. The first kappa shape index (κ1) is 22.0. The summed E-state index contributed by atoms with van der Waals surface area (Å²) < 4.78 is 68.2. The van der Waals surface area contributed by atoms with Gasteiger partial charge >= 0.3 is 17.4 Å². The molecule has 30 heavy (non-hydrogen) atoms. The molecule has 3 aromatic rings. The van der Waals surface area contributed by atoms with Crippen LogP contribution in [0.1, 0.15) is 21.8 Å². The number of carbonyl (C=O) groups excluding carboxylic acids is 1. The second kappa shape index (κ2) is 8.19. The zero-order valence-corrected chi connectivity index (χ0v) is 16.1. The van der Waals surface area contributed by atoms with Gasteiger partial charge in [-0.15, -0.1) is 0 Å². The number of alkyl halides is 6. The topological polar surface area (TPSA) is 68.0 Å². The van der Waals surface area contributed by atoms with E-state index in [1.165, 1.54) is 24.3 Å². The normalized spacial score (nSPS) is 12.1. The average Bonchev–Trinajstić information content (AvgIpc) is 3.17. The third-order valence-electron chi connectivity index (χ3n) is 3.87. The fraction of sp³-hybridized carbons (Fsp3) is 0.167. The van der Waals surface area contributed by atoms with Crippen molar-refractivity contribution < 1.29 is 31.3 Å². The number of nitrogens with one attached hydrogen (secondary N) is 1. The van der Waals surface area contributed by atoms with Crippen molar-refractivity contribution in [2.75, 3.05) is 11.9 Å². The number of nitrogens with zero attached hydrogens (tertiary/aromatic N) is 2. The van der Waals surface area contributed by atoms with Crippen molar-refractivity contribution in [3.05, 3.63) is 64.5 Å². The Hall–Kier alpha value is -2.72. The summed E-state index contributed by atoms with van der Waals surface area (Å²) in [5, 5.41) is 2.08. The Labute approximate surface area is 175 Å². The van der Waals surface area contributed by atoms with Crippen molar-refractivity contribution in [2.45, 2.75) is 11.6 Å². The fourth-order valence-electron chi connectivity index (χ4n) is 2.37. The van der Waals surface area contributed by atoms with Crippen molar-refractivity contribution in [2.24, 2.45) is 0 Å². The number of halogens is 7. The van der Waals surface area contributed by atoms with Crippen LogP contribution in [-0.4, -0.2) is 22.5 Å². The summed E-state index contributed by atoms with van der Waals surface area (Å²) in [6, 6.07) is 8.37. The van der Waals surface area contributed by atoms with E-state index >= 15 is 0 Å². The molecular weight excluding hydrogens is 456 g/mol. The van der Waals surface area contributed by atoms with Gasteiger partial charge in [-0.1, -0.05) is 41.0 Å². The maximum Gasteiger partial charge on any atom is 0.416 e. The highest BCUT2D eigenvalue weighted by molar-refractivity contribution is 6.33. The number of hydrogen-bond donors (Lipinski definition) is 1. The Kier molecular flexibility index (Phi) is 6.00. The lowest BCUT2D eigenvalue weighted by atomic mass is 10.1. The molecule has 0 spiro atoms. The van der Waals surface area contributed by atoms with E-state index in [1.54, 1.807) is 0 Å². The van der Waals surface area contributed by atoms with Gasteiger partial charge in [0.2, 0.25) is 5.82 Å². The van der Waals surface area contributed by atoms with Gasteiger partial charge in [0, 0.05) is 11.1 Å². The van der Waals surface area contributed by atoms with E-state index in [0.717, 1.165) is 18.2 Å². The highest BCUT2D eigenvalue weighted by Crippen LogP contribution is 2.34. The Morgan fingerprint density at radius 3 is 2.27 bits per heavy atom. The van der Waals surface area contributed by atoms with E-state index in [1.807, 2.05) is 0 Å². The van der Waals surface area contributed by atoms with Gasteiger partial charge in [0.25, 0.3) is 0 Å². The highest BCUT2D eigenvalue weighted by atomic mass is 35.5. The van der Waals surface area contributed by atoms with E-state index in [2.05, 4.69) is 20.0 Å². The lowest BCUT2D eigenvalue weighted by molar-refractivity contribution is -0.137. The van der Waals surface area contributed by atoms with Gasteiger partial charge in [0.15, 0.2) is 5.78 Å². The number of carbonyl (C=O) groups is 1. The predicted molar refractivity (Wildman–Crippen MR) is 98.8 cm³/mol. The molecule has 0 fully saturated rings. The van der Waals surface area contributed by atoms with Gasteiger partial charge < -0.3 is 9.84 Å². The monoisotopic (exact) mass is 465 g/mol. The number of Topliss-reactive ketones (excluding diaryl/α,β-unsaturated/α-hetero) is 1. The minimum Gasteiger partial charge on any atom is -0.376 e. The zero-order valence-electron chi connectivity index (χ0n) is 14.6. The molecule has 12 heteroatoms. The Balaban J connectivity index is 1.66. The predicted octanol–water partition coefficient (Wildman–Crippen LogP) is 5.99. The summed E-state index contributed by atoms with van der Waals surface area (Å²) in [5.41, 5.74) is -0.186. The zero-order chi connectivity index (χ0) is 22.1. The molecule has 1 aromatic heterocycles. The number of aromatic nitrogens is 2. The van der Waals surface area contributed by atoms with Gasteiger partial charge in [-0.05, 0) is 29.8 Å². The second-order valence-electron chi connectivity index (χ2n) is 5.97. The number of ketones is 1. The van der Waals surface area contributed by atoms with Gasteiger partial charge in [0.1, 0.15) is 0 Å². The summed E-state index contributed by atoms with van der Waals surface area (Å²) in [4.78, 5) is 15.8. The van der Waals surface area contributed by atoms with Gasteiger partial charge in [-0.25, -0.2) is 0 Å². The van der Waals surface area contributed by atoms with Crippen LogP contribution in [0.2, 0.25) is 5.02 Å². The van der Waals surface area contributed by atoms with Crippen molar-refractivity contribution in [3.8, 4) is 11.4 Å². The lowest BCUT2D eigenvalue weighted by Gasteiger charge is -2.11. The molecule has 3 rings (SSSR count). The number of rotatable bonds is 6. The third kappa shape index (κ3) is 5.06. The van der Waals surface area contributed by atoms with E-state index in [4.69, 9.17) is 23.2 Å². The van der Waals surface area contributed by atoms with E-state index in [9.17, 15) is 26.7 Å². The standard InChI is InChI=1S/C18H10Cl2F5N3O2/c19-12-7-11(18(23,24)25)5-6-13(12)26-8-14(29)9-1-3-10(4-2-9)15-27-16(30-28-15)17(20,21)22/h1-7,26H,8H2. The van der Waals surface area contributed by atoms with Crippen LogP contribution in [-0.2, 0) is 11.6 Å². The molecule has 0 bridgehead atoms. The average molecular weight is 466 g/mol. The van der Waals surface area contributed by atoms with Crippen molar-refractivity contribution >= 4 is 34.7 Å². The molecule has 0 aliphatic carbocycles. The van der Waals surface area contributed by atoms with Crippen LogP contribution in [0.3, 0.4) is 0 Å². The van der Waals surface area contributed by atoms with Crippen molar-refractivity contribution in [3.63, 3.8) is 0 Å². The smallest absolute Gasteiger partial charge is 0.376 e. The fourth-order valence-corrected chi connectivity index (χ4v) is 2.70. The van der Waals surface area contributed by atoms with E-state index in [-0.39, 0.29) is 28.6 Å². The van der Waals surface area contributed by atoms with Gasteiger partial charge in [-0.3, -0.25) is 4.79 Å². The molecule has 0 aliphatic heterocycles. The first-order valence-electron chi connectivity index (χ1n) is 8.10. The third-order valence-corrected chi connectivity index (χ3v) is 4.34. The largest absolute Gasteiger partial charge is 0.416 e. The quantitative estimate of drug-likeness (QED) is 0.275. The lowest BCUT2D eigenvalue weighted by Crippen LogP contribution is -2.14. The van der Waals surface area contributed by atoms with E-state index < -0.39 is 28.8 Å². The summed E-state index contributed by atoms with van der Waals surface area (Å²) in [6.07, 6.45) is -4.53. The van der Waals surface area contributed by atoms with Crippen LogP contribution in [0.5, 0.6) is 0 Å². The highest BCUT2D eigenvalue weighted by Gasteiger charge is 2.35. The van der Waals surface area contributed by atoms with Crippen LogP contribution >= 0.6 is 23.2 Å².